The lowest BCUT2D eigenvalue weighted by atomic mass is 9.96. The lowest BCUT2D eigenvalue weighted by molar-refractivity contribution is -0.383. The van der Waals surface area contributed by atoms with Crippen LogP contribution in [0.15, 0.2) is 6.07 Å². The molecule has 2 rings (SSSR count). The van der Waals surface area contributed by atoms with Gasteiger partial charge in [0.1, 0.15) is 0 Å². The summed E-state index contributed by atoms with van der Waals surface area (Å²) in [6.45, 7) is 5.19. The Morgan fingerprint density at radius 2 is 2.35 bits per heavy atom. The quantitative estimate of drug-likeness (QED) is 0.683. The monoisotopic (exact) mass is 300 g/mol. The van der Waals surface area contributed by atoms with Crippen molar-refractivity contribution in [2.45, 2.75) is 32.5 Å². The van der Waals surface area contributed by atoms with Crippen LogP contribution in [-0.4, -0.2) is 36.3 Å². The maximum atomic E-state index is 11.2. The van der Waals surface area contributed by atoms with E-state index in [9.17, 15) is 15.2 Å². The molecule has 1 aromatic rings. The SMILES string of the molecule is COC1CN(c2sc([C@@H](C)O)cc2[N+](=O)[O-])CCC1C. The lowest BCUT2D eigenvalue weighted by Crippen LogP contribution is -2.43. The molecular formula is C13H20N2O4S. The number of thiophene rings is 1. The van der Waals surface area contributed by atoms with E-state index in [1.54, 1.807) is 14.0 Å². The summed E-state index contributed by atoms with van der Waals surface area (Å²) in [5.74, 6) is 0.450. The minimum atomic E-state index is -0.686. The van der Waals surface area contributed by atoms with Crippen molar-refractivity contribution in [2.24, 2.45) is 5.92 Å². The van der Waals surface area contributed by atoms with E-state index < -0.39 is 6.10 Å². The van der Waals surface area contributed by atoms with Gasteiger partial charge in [-0.3, -0.25) is 10.1 Å². The second-order valence-electron chi connectivity index (χ2n) is 5.26. The third-order valence-electron chi connectivity index (χ3n) is 3.80. The highest BCUT2D eigenvalue weighted by Crippen LogP contribution is 2.41. The van der Waals surface area contributed by atoms with Crippen LogP contribution in [0.3, 0.4) is 0 Å². The zero-order chi connectivity index (χ0) is 14.9. The Morgan fingerprint density at radius 1 is 1.65 bits per heavy atom. The molecule has 1 N–H and O–H groups in total. The number of anilines is 1. The number of hydrogen-bond acceptors (Lipinski definition) is 6. The van der Waals surface area contributed by atoms with Crippen LogP contribution in [0.2, 0.25) is 0 Å². The predicted molar refractivity (Wildman–Crippen MR) is 78.4 cm³/mol. The first kappa shape index (κ1) is 15.2. The highest BCUT2D eigenvalue weighted by molar-refractivity contribution is 7.16. The normalized spacial score (nSPS) is 24.7. The minimum Gasteiger partial charge on any atom is -0.388 e. The fourth-order valence-corrected chi connectivity index (χ4v) is 3.58. The molecule has 20 heavy (non-hydrogen) atoms. The van der Waals surface area contributed by atoms with E-state index in [1.165, 1.54) is 17.4 Å². The molecule has 2 heterocycles. The van der Waals surface area contributed by atoms with E-state index in [2.05, 4.69) is 6.92 Å². The molecule has 0 radical (unpaired) electrons. The van der Waals surface area contributed by atoms with Crippen LogP contribution < -0.4 is 4.90 Å². The largest absolute Gasteiger partial charge is 0.388 e. The number of aliphatic hydroxyl groups excluding tert-OH is 1. The first-order valence-corrected chi connectivity index (χ1v) is 7.49. The van der Waals surface area contributed by atoms with Crippen molar-refractivity contribution in [3.8, 4) is 0 Å². The summed E-state index contributed by atoms with van der Waals surface area (Å²) >= 11 is 1.29. The molecule has 1 saturated heterocycles. The van der Waals surface area contributed by atoms with E-state index >= 15 is 0 Å². The molecule has 0 spiro atoms. The Hall–Kier alpha value is -1.18. The average molecular weight is 300 g/mol. The first-order chi connectivity index (χ1) is 9.43. The van der Waals surface area contributed by atoms with Gasteiger partial charge in [0.05, 0.1) is 17.1 Å². The highest BCUT2D eigenvalue weighted by Gasteiger charge is 2.32. The maximum Gasteiger partial charge on any atom is 0.304 e. The second kappa shape index (κ2) is 6.07. The summed E-state index contributed by atoms with van der Waals surface area (Å²) in [4.78, 5) is 13.4. The average Bonchev–Trinajstić information content (AvgIpc) is 2.84. The Kier molecular flexibility index (Phi) is 4.62. The van der Waals surface area contributed by atoms with Crippen molar-refractivity contribution >= 4 is 22.0 Å². The fraction of sp³-hybridized carbons (Fsp3) is 0.692. The zero-order valence-corrected chi connectivity index (χ0v) is 12.7. The van der Waals surface area contributed by atoms with E-state index in [0.29, 0.717) is 22.3 Å². The van der Waals surface area contributed by atoms with Gasteiger partial charge in [0.25, 0.3) is 0 Å². The molecule has 0 saturated carbocycles. The third kappa shape index (κ3) is 2.94. The van der Waals surface area contributed by atoms with E-state index in [1.807, 2.05) is 4.90 Å². The summed E-state index contributed by atoms with van der Waals surface area (Å²) < 4.78 is 5.45. The van der Waals surface area contributed by atoms with Crippen LogP contribution in [0.4, 0.5) is 10.7 Å². The summed E-state index contributed by atoms with van der Waals surface area (Å²) in [7, 11) is 1.68. The van der Waals surface area contributed by atoms with Crippen LogP contribution in [-0.2, 0) is 4.74 Å². The summed E-state index contributed by atoms with van der Waals surface area (Å²) in [6.07, 6.45) is 0.340. The van der Waals surface area contributed by atoms with E-state index in [4.69, 9.17) is 4.74 Å². The number of hydrogen-bond donors (Lipinski definition) is 1. The Morgan fingerprint density at radius 3 is 2.90 bits per heavy atom. The molecule has 1 aliphatic rings. The molecule has 0 aromatic carbocycles. The van der Waals surface area contributed by atoms with E-state index in [0.717, 1.165) is 13.0 Å². The van der Waals surface area contributed by atoms with Crippen LogP contribution in [0.5, 0.6) is 0 Å². The van der Waals surface area contributed by atoms with Gasteiger partial charge in [0.2, 0.25) is 0 Å². The molecule has 0 bridgehead atoms. The standard InChI is InChI=1S/C13H20N2O4S/c1-8-4-5-14(7-11(8)19-3)13-10(15(17)18)6-12(20-13)9(2)16/h6,8-9,11,16H,4-5,7H2,1-3H3/t8?,9-,11?/m1/s1. The van der Waals surface area contributed by atoms with Gasteiger partial charge in [-0.05, 0) is 19.3 Å². The molecule has 1 fully saturated rings. The van der Waals surface area contributed by atoms with Crippen LogP contribution in [0, 0.1) is 16.0 Å². The number of aliphatic hydroxyl groups is 1. The topological polar surface area (TPSA) is 75.8 Å². The first-order valence-electron chi connectivity index (χ1n) is 6.68. The number of nitro groups is 1. The molecule has 7 heteroatoms. The predicted octanol–water partition coefficient (Wildman–Crippen LogP) is 2.57. The molecule has 1 aliphatic heterocycles. The van der Waals surface area contributed by atoms with E-state index in [-0.39, 0.29) is 16.7 Å². The summed E-state index contributed by atoms with van der Waals surface area (Å²) in [6, 6.07) is 1.48. The van der Waals surface area contributed by atoms with Gasteiger partial charge in [0, 0.05) is 31.1 Å². The lowest BCUT2D eigenvalue weighted by Gasteiger charge is -2.36. The van der Waals surface area contributed by atoms with Gasteiger partial charge in [-0.25, -0.2) is 0 Å². The summed E-state index contributed by atoms with van der Waals surface area (Å²) in [5, 5.41) is 21.4. The van der Waals surface area contributed by atoms with Crippen LogP contribution in [0.1, 0.15) is 31.2 Å². The minimum absolute atomic E-state index is 0.0790. The van der Waals surface area contributed by atoms with Crippen LogP contribution in [0.25, 0.3) is 0 Å². The van der Waals surface area contributed by atoms with Gasteiger partial charge < -0.3 is 14.7 Å². The Bertz CT molecular complexity index is 489. The van der Waals surface area contributed by atoms with Crippen molar-refractivity contribution in [3.05, 3.63) is 21.1 Å². The molecule has 6 nitrogen and oxygen atoms in total. The smallest absolute Gasteiger partial charge is 0.304 e. The van der Waals surface area contributed by atoms with Crippen molar-refractivity contribution in [1.82, 2.24) is 0 Å². The summed E-state index contributed by atoms with van der Waals surface area (Å²) in [5.41, 5.74) is 0.0790. The molecule has 0 aliphatic carbocycles. The Labute approximate surface area is 122 Å². The molecule has 0 amide bonds. The number of piperidine rings is 1. The number of ether oxygens (including phenoxy) is 1. The molecule has 2 unspecified atom stereocenters. The van der Waals surface area contributed by atoms with Gasteiger partial charge in [-0.15, -0.1) is 11.3 Å². The van der Waals surface area contributed by atoms with Crippen LogP contribution >= 0.6 is 11.3 Å². The second-order valence-corrected chi connectivity index (χ2v) is 6.32. The third-order valence-corrected chi connectivity index (χ3v) is 5.16. The van der Waals surface area contributed by atoms with Crippen molar-refractivity contribution in [1.29, 1.82) is 0 Å². The van der Waals surface area contributed by atoms with Crippen molar-refractivity contribution < 1.29 is 14.8 Å². The number of methoxy groups -OCH3 is 1. The molecule has 112 valence electrons. The van der Waals surface area contributed by atoms with Gasteiger partial charge in [-0.2, -0.15) is 0 Å². The number of nitrogens with zero attached hydrogens (tertiary/aromatic N) is 2. The maximum absolute atomic E-state index is 11.2. The zero-order valence-electron chi connectivity index (χ0n) is 11.9. The fourth-order valence-electron chi connectivity index (χ4n) is 2.48. The molecular weight excluding hydrogens is 280 g/mol. The highest BCUT2D eigenvalue weighted by atomic mass is 32.1. The van der Waals surface area contributed by atoms with Gasteiger partial charge in [-0.1, -0.05) is 6.92 Å². The molecule has 3 atom stereocenters. The Balaban J connectivity index is 2.29. The van der Waals surface area contributed by atoms with Crippen molar-refractivity contribution in [3.63, 3.8) is 0 Å². The van der Waals surface area contributed by atoms with Gasteiger partial charge >= 0.3 is 5.69 Å². The van der Waals surface area contributed by atoms with Gasteiger partial charge in [0.15, 0.2) is 5.00 Å². The van der Waals surface area contributed by atoms with Crippen molar-refractivity contribution in [2.75, 3.05) is 25.1 Å². The number of rotatable bonds is 4. The molecule has 1 aromatic heterocycles.